The topological polar surface area (TPSA) is 49.8 Å². The van der Waals surface area contributed by atoms with Crippen LogP contribution in [0.4, 0.5) is 5.69 Å². The summed E-state index contributed by atoms with van der Waals surface area (Å²) in [6.07, 6.45) is 0.300. The van der Waals surface area contributed by atoms with Crippen LogP contribution >= 0.6 is 0 Å². The molecule has 1 aromatic rings. The van der Waals surface area contributed by atoms with Gasteiger partial charge < -0.3 is 14.7 Å². The van der Waals surface area contributed by atoms with Crippen molar-refractivity contribution in [3.8, 4) is 5.75 Å². The second-order valence-corrected chi connectivity index (χ2v) is 4.37. The normalized spacial score (nSPS) is 20.5. The van der Waals surface area contributed by atoms with Crippen LogP contribution in [0.5, 0.6) is 5.75 Å². The van der Waals surface area contributed by atoms with Crippen molar-refractivity contribution in [2.75, 3.05) is 18.6 Å². The number of benzene rings is 1. The molecule has 1 fully saturated rings. The van der Waals surface area contributed by atoms with Gasteiger partial charge >= 0.3 is 0 Å². The molecule has 1 amide bonds. The molecule has 1 N–H and O–H groups in total. The molecular weight excluding hydrogens is 218 g/mol. The molecule has 1 aromatic carbocycles. The maximum atomic E-state index is 11.9. The average Bonchev–Trinajstić information content (AvgIpc) is 2.29. The fraction of sp³-hybridized carbons (Fsp3) is 0.462. The maximum absolute atomic E-state index is 11.9. The van der Waals surface area contributed by atoms with Gasteiger partial charge in [-0.3, -0.25) is 4.79 Å². The Hall–Kier alpha value is -1.55. The Morgan fingerprint density at radius 1 is 1.47 bits per heavy atom. The summed E-state index contributed by atoms with van der Waals surface area (Å²) in [7, 11) is 1.59. The Morgan fingerprint density at radius 3 is 2.88 bits per heavy atom. The minimum Gasteiger partial charge on any atom is -0.495 e. The van der Waals surface area contributed by atoms with Gasteiger partial charge in [-0.15, -0.1) is 0 Å². The van der Waals surface area contributed by atoms with E-state index in [0.29, 0.717) is 18.7 Å². The summed E-state index contributed by atoms with van der Waals surface area (Å²) in [5, 5.41) is 9.45. The lowest BCUT2D eigenvalue weighted by atomic mass is 10.1. The highest BCUT2D eigenvalue weighted by molar-refractivity contribution is 5.96. The van der Waals surface area contributed by atoms with Gasteiger partial charge in [0.05, 0.1) is 25.3 Å². The predicted octanol–water partition coefficient (Wildman–Crippen LogP) is 1.49. The lowest BCUT2D eigenvalue weighted by Gasteiger charge is -2.30. The number of anilines is 1. The summed E-state index contributed by atoms with van der Waals surface area (Å²) < 4.78 is 5.27. The van der Waals surface area contributed by atoms with Crippen molar-refractivity contribution in [2.45, 2.75) is 25.9 Å². The predicted molar refractivity (Wildman–Crippen MR) is 65.3 cm³/mol. The van der Waals surface area contributed by atoms with Crippen molar-refractivity contribution in [1.82, 2.24) is 0 Å². The largest absolute Gasteiger partial charge is 0.495 e. The molecule has 2 rings (SSSR count). The highest BCUT2D eigenvalue weighted by atomic mass is 16.5. The zero-order valence-electron chi connectivity index (χ0n) is 10.1. The summed E-state index contributed by atoms with van der Waals surface area (Å²) >= 11 is 0. The lowest BCUT2D eigenvalue weighted by molar-refractivity contribution is -0.122. The Kier molecular flexibility index (Phi) is 3.33. The van der Waals surface area contributed by atoms with Gasteiger partial charge in [0.1, 0.15) is 5.75 Å². The molecule has 1 atom stereocenters. The van der Waals surface area contributed by atoms with E-state index in [9.17, 15) is 9.90 Å². The fourth-order valence-electron chi connectivity index (χ4n) is 2.08. The number of rotatable bonds is 2. The summed E-state index contributed by atoms with van der Waals surface area (Å²) in [6.45, 7) is 2.52. The van der Waals surface area contributed by atoms with E-state index < -0.39 is 6.10 Å². The van der Waals surface area contributed by atoms with Crippen LogP contribution in [0.2, 0.25) is 0 Å². The van der Waals surface area contributed by atoms with Crippen molar-refractivity contribution in [2.24, 2.45) is 0 Å². The maximum Gasteiger partial charge on any atom is 0.229 e. The summed E-state index contributed by atoms with van der Waals surface area (Å²) in [4.78, 5) is 13.6. The second-order valence-electron chi connectivity index (χ2n) is 4.37. The molecular formula is C13H17NO3. The lowest BCUT2D eigenvalue weighted by Crippen LogP contribution is -2.41. The number of carbonyl (C=O) groups excluding carboxylic acids is 1. The number of piperidine rings is 1. The molecule has 92 valence electrons. The first-order valence-electron chi connectivity index (χ1n) is 5.75. The molecule has 1 aliphatic heterocycles. The number of nitrogens with zero attached hydrogens (tertiary/aromatic N) is 1. The van der Waals surface area contributed by atoms with E-state index in [1.807, 2.05) is 25.1 Å². The Labute approximate surface area is 101 Å². The number of hydrogen-bond donors (Lipinski definition) is 1. The van der Waals surface area contributed by atoms with Gasteiger partial charge in [0.25, 0.3) is 0 Å². The summed E-state index contributed by atoms with van der Waals surface area (Å²) in [5.74, 6) is 0.646. The van der Waals surface area contributed by atoms with E-state index in [1.165, 1.54) is 0 Å². The van der Waals surface area contributed by atoms with Crippen LogP contribution in [0, 0.1) is 6.92 Å². The van der Waals surface area contributed by atoms with Crippen molar-refractivity contribution in [3.05, 3.63) is 23.8 Å². The SMILES string of the molecule is COc1ccc(C)cc1N1CCC(O)CC1=O. The van der Waals surface area contributed by atoms with Crippen LogP contribution in [0.25, 0.3) is 0 Å². The number of amides is 1. The van der Waals surface area contributed by atoms with Crippen molar-refractivity contribution >= 4 is 11.6 Å². The Bertz CT molecular complexity index is 431. The van der Waals surface area contributed by atoms with E-state index in [4.69, 9.17) is 4.74 Å². The number of carbonyl (C=O) groups is 1. The molecule has 1 unspecified atom stereocenters. The first-order chi connectivity index (χ1) is 8.11. The van der Waals surface area contributed by atoms with Gasteiger partial charge in [0.2, 0.25) is 5.91 Å². The molecule has 1 aliphatic rings. The monoisotopic (exact) mass is 235 g/mol. The van der Waals surface area contributed by atoms with Gasteiger partial charge in [-0.25, -0.2) is 0 Å². The van der Waals surface area contributed by atoms with Crippen LogP contribution in [-0.4, -0.2) is 30.8 Å². The molecule has 4 heteroatoms. The van der Waals surface area contributed by atoms with Gasteiger partial charge in [0, 0.05) is 6.54 Å². The molecule has 0 spiro atoms. The van der Waals surface area contributed by atoms with E-state index >= 15 is 0 Å². The number of aliphatic hydroxyl groups excluding tert-OH is 1. The van der Waals surface area contributed by atoms with Gasteiger partial charge in [-0.2, -0.15) is 0 Å². The fourth-order valence-corrected chi connectivity index (χ4v) is 2.08. The average molecular weight is 235 g/mol. The van der Waals surface area contributed by atoms with Crippen molar-refractivity contribution in [1.29, 1.82) is 0 Å². The molecule has 0 aliphatic carbocycles. The molecule has 0 aromatic heterocycles. The van der Waals surface area contributed by atoms with Crippen LogP contribution in [0.1, 0.15) is 18.4 Å². The third kappa shape index (κ3) is 2.42. The highest BCUT2D eigenvalue weighted by Gasteiger charge is 2.27. The van der Waals surface area contributed by atoms with Gasteiger partial charge in [-0.05, 0) is 31.0 Å². The molecule has 1 heterocycles. The van der Waals surface area contributed by atoms with Crippen molar-refractivity contribution in [3.63, 3.8) is 0 Å². The van der Waals surface area contributed by atoms with E-state index in [1.54, 1.807) is 12.0 Å². The number of aliphatic hydroxyl groups is 1. The first kappa shape index (κ1) is 11.9. The van der Waals surface area contributed by atoms with Crippen LogP contribution in [0.3, 0.4) is 0 Å². The minimum atomic E-state index is -0.505. The smallest absolute Gasteiger partial charge is 0.229 e. The Morgan fingerprint density at radius 2 is 2.24 bits per heavy atom. The molecule has 0 bridgehead atoms. The van der Waals surface area contributed by atoms with Gasteiger partial charge in [0.15, 0.2) is 0 Å². The zero-order valence-corrected chi connectivity index (χ0v) is 10.1. The molecule has 1 saturated heterocycles. The van der Waals surface area contributed by atoms with Crippen molar-refractivity contribution < 1.29 is 14.6 Å². The third-order valence-corrected chi connectivity index (χ3v) is 3.02. The zero-order chi connectivity index (χ0) is 12.4. The van der Waals surface area contributed by atoms with Crippen LogP contribution in [-0.2, 0) is 4.79 Å². The number of ether oxygens (including phenoxy) is 1. The third-order valence-electron chi connectivity index (χ3n) is 3.02. The number of methoxy groups -OCH3 is 1. The molecule has 17 heavy (non-hydrogen) atoms. The van der Waals surface area contributed by atoms with E-state index in [-0.39, 0.29) is 12.3 Å². The van der Waals surface area contributed by atoms with Gasteiger partial charge in [-0.1, -0.05) is 6.07 Å². The Balaban J connectivity index is 2.32. The van der Waals surface area contributed by atoms with Crippen LogP contribution < -0.4 is 9.64 Å². The molecule has 4 nitrogen and oxygen atoms in total. The van der Waals surface area contributed by atoms with E-state index in [0.717, 1.165) is 11.3 Å². The highest BCUT2D eigenvalue weighted by Crippen LogP contribution is 2.31. The summed E-state index contributed by atoms with van der Waals surface area (Å²) in [6, 6.07) is 5.75. The standard InChI is InChI=1S/C13H17NO3/c1-9-3-4-12(17-2)11(7-9)14-6-5-10(15)8-13(14)16/h3-4,7,10,15H,5-6,8H2,1-2H3. The number of aryl methyl sites for hydroxylation is 1. The second kappa shape index (κ2) is 4.75. The first-order valence-corrected chi connectivity index (χ1v) is 5.75. The number of hydrogen-bond acceptors (Lipinski definition) is 3. The minimum absolute atomic E-state index is 0.0485. The summed E-state index contributed by atoms with van der Waals surface area (Å²) in [5.41, 5.74) is 1.88. The quantitative estimate of drug-likeness (QED) is 0.845. The van der Waals surface area contributed by atoms with E-state index in [2.05, 4.69) is 0 Å². The molecule has 0 saturated carbocycles. The molecule has 0 radical (unpaired) electrons. The van der Waals surface area contributed by atoms with Crippen LogP contribution in [0.15, 0.2) is 18.2 Å².